The number of aliphatic hydroxyl groups excluding tert-OH is 1. The highest BCUT2D eigenvalue weighted by atomic mass is 16.5. The molecule has 0 aromatic heterocycles. The third-order valence-corrected chi connectivity index (χ3v) is 3.46. The highest BCUT2D eigenvalue weighted by Crippen LogP contribution is 2.27. The van der Waals surface area contributed by atoms with E-state index in [9.17, 15) is 5.11 Å². The number of aliphatic hydroxyl groups is 1. The van der Waals surface area contributed by atoms with E-state index in [0.29, 0.717) is 18.1 Å². The van der Waals surface area contributed by atoms with Crippen molar-refractivity contribution in [2.45, 2.75) is 26.9 Å². The van der Waals surface area contributed by atoms with E-state index < -0.39 is 6.10 Å². The van der Waals surface area contributed by atoms with Gasteiger partial charge in [-0.05, 0) is 49.6 Å². The molecule has 0 radical (unpaired) electrons. The molecule has 0 saturated heterocycles. The molecular formula is C18H22O3. The maximum atomic E-state index is 10.3. The highest BCUT2D eigenvalue weighted by Gasteiger charge is 2.11. The highest BCUT2D eigenvalue weighted by molar-refractivity contribution is 5.39. The fourth-order valence-corrected chi connectivity index (χ4v) is 2.08. The Morgan fingerprint density at radius 2 is 1.62 bits per heavy atom. The fourth-order valence-electron chi connectivity index (χ4n) is 2.08. The first-order valence-corrected chi connectivity index (χ1v) is 7.21. The van der Waals surface area contributed by atoms with Gasteiger partial charge in [-0.2, -0.15) is 0 Å². The summed E-state index contributed by atoms with van der Waals surface area (Å²) in [5, 5.41) is 10.3. The van der Waals surface area contributed by atoms with Crippen LogP contribution in [0.1, 0.15) is 29.7 Å². The minimum atomic E-state index is -0.654. The van der Waals surface area contributed by atoms with E-state index in [1.54, 1.807) is 0 Å². The maximum Gasteiger partial charge on any atom is 0.161 e. The zero-order valence-electron chi connectivity index (χ0n) is 12.8. The molecule has 112 valence electrons. The van der Waals surface area contributed by atoms with Crippen LogP contribution < -0.4 is 9.47 Å². The van der Waals surface area contributed by atoms with Crippen LogP contribution >= 0.6 is 0 Å². The second-order valence-electron chi connectivity index (χ2n) is 5.05. The standard InChI is InChI=1S/C18H22O3/c1-4-20-17-7-5-6-8-18(17)21-12-16(19)15-10-9-13(2)14(3)11-15/h5-11,16,19H,4,12H2,1-3H3. The Kier molecular flexibility index (Phi) is 5.23. The third-order valence-electron chi connectivity index (χ3n) is 3.46. The lowest BCUT2D eigenvalue weighted by Gasteiger charge is -2.16. The van der Waals surface area contributed by atoms with Crippen LogP contribution in [0, 0.1) is 13.8 Å². The number of benzene rings is 2. The van der Waals surface area contributed by atoms with E-state index in [1.807, 2.05) is 56.3 Å². The molecular weight excluding hydrogens is 264 g/mol. The molecule has 0 aliphatic carbocycles. The van der Waals surface area contributed by atoms with Gasteiger partial charge in [-0.15, -0.1) is 0 Å². The van der Waals surface area contributed by atoms with E-state index in [-0.39, 0.29) is 6.61 Å². The van der Waals surface area contributed by atoms with Gasteiger partial charge < -0.3 is 14.6 Å². The number of aryl methyl sites for hydroxylation is 2. The largest absolute Gasteiger partial charge is 0.490 e. The minimum absolute atomic E-state index is 0.201. The third kappa shape index (κ3) is 3.99. The van der Waals surface area contributed by atoms with Crippen molar-refractivity contribution in [3.8, 4) is 11.5 Å². The molecule has 0 aliphatic heterocycles. The summed E-state index contributed by atoms with van der Waals surface area (Å²) in [6.07, 6.45) is -0.654. The lowest BCUT2D eigenvalue weighted by Crippen LogP contribution is -2.10. The van der Waals surface area contributed by atoms with Gasteiger partial charge in [-0.25, -0.2) is 0 Å². The van der Waals surface area contributed by atoms with Crippen LogP contribution in [0.25, 0.3) is 0 Å². The summed E-state index contributed by atoms with van der Waals surface area (Å²) < 4.78 is 11.2. The van der Waals surface area contributed by atoms with Gasteiger partial charge in [-0.1, -0.05) is 30.3 Å². The molecule has 0 saturated carbocycles. The molecule has 3 heteroatoms. The summed E-state index contributed by atoms with van der Waals surface area (Å²) in [6.45, 7) is 6.81. The number of rotatable bonds is 6. The topological polar surface area (TPSA) is 38.7 Å². The van der Waals surface area contributed by atoms with Gasteiger partial charge in [0.15, 0.2) is 11.5 Å². The average Bonchev–Trinajstić information content (AvgIpc) is 2.49. The Balaban J connectivity index is 2.03. The van der Waals surface area contributed by atoms with Gasteiger partial charge in [0.05, 0.1) is 6.61 Å². The van der Waals surface area contributed by atoms with Gasteiger partial charge in [0.2, 0.25) is 0 Å². The summed E-state index contributed by atoms with van der Waals surface area (Å²) >= 11 is 0. The fraction of sp³-hybridized carbons (Fsp3) is 0.333. The van der Waals surface area contributed by atoms with E-state index in [2.05, 4.69) is 6.92 Å². The quantitative estimate of drug-likeness (QED) is 0.877. The summed E-state index contributed by atoms with van der Waals surface area (Å²) in [7, 11) is 0. The molecule has 3 nitrogen and oxygen atoms in total. The number of hydrogen-bond donors (Lipinski definition) is 1. The van der Waals surface area contributed by atoms with Crippen LogP contribution in [0.3, 0.4) is 0 Å². The van der Waals surface area contributed by atoms with Crippen LogP contribution in [0.5, 0.6) is 11.5 Å². The molecule has 1 N–H and O–H groups in total. The Morgan fingerprint density at radius 3 is 2.24 bits per heavy atom. The van der Waals surface area contributed by atoms with Crippen molar-refractivity contribution in [2.75, 3.05) is 13.2 Å². The molecule has 2 aromatic carbocycles. The van der Waals surface area contributed by atoms with E-state index in [1.165, 1.54) is 11.1 Å². The molecule has 0 spiro atoms. The van der Waals surface area contributed by atoms with Crippen molar-refractivity contribution in [1.29, 1.82) is 0 Å². The zero-order chi connectivity index (χ0) is 15.2. The van der Waals surface area contributed by atoms with Crippen molar-refractivity contribution < 1.29 is 14.6 Å². The molecule has 2 rings (SSSR count). The van der Waals surface area contributed by atoms with Crippen LogP contribution in [0.15, 0.2) is 42.5 Å². The van der Waals surface area contributed by atoms with Crippen LogP contribution in [0.2, 0.25) is 0 Å². The van der Waals surface area contributed by atoms with Crippen LogP contribution in [0.4, 0.5) is 0 Å². The van der Waals surface area contributed by atoms with Gasteiger partial charge in [0.25, 0.3) is 0 Å². The smallest absolute Gasteiger partial charge is 0.161 e. The molecule has 0 fully saturated rings. The number of hydrogen-bond acceptors (Lipinski definition) is 3. The van der Waals surface area contributed by atoms with Gasteiger partial charge in [0, 0.05) is 0 Å². The molecule has 1 unspecified atom stereocenters. The van der Waals surface area contributed by atoms with Crippen LogP contribution in [-0.4, -0.2) is 18.3 Å². The van der Waals surface area contributed by atoms with Crippen molar-refractivity contribution in [3.05, 3.63) is 59.2 Å². The summed E-state index contributed by atoms with van der Waals surface area (Å²) in [6, 6.07) is 13.4. The zero-order valence-corrected chi connectivity index (χ0v) is 12.8. The first-order chi connectivity index (χ1) is 10.1. The monoisotopic (exact) mass is 286 g/mol. The first-order valence-electron chi connectivity index (χ1n) is 7.21. The SMILES string of the molecule is CCOc1ccccc1OCC(O)c1ccc(C)c(C)c1. The lowest BCUT2D eigenvalue weighted by molar-refractivity contribution is 0.106. The van der Waals surface area contributed by atoms with E-state index in [0.717, 1.165) is 5.56 Å². The molecule has 0 aliphatic rings. The first kappa shape index (κ1) is 15.4. The Bertz CT molecular complexity index is 593. The molecule has 2 aromatic rings. The predicted octanol–water partition coefficient (Wildman–Crippen LogP) is 3.81. The Morgan fingerprint density at radius 1 is 0.952 bits per heavy atom. The van der Waals surface area contributed by atoms with E-state index in [4.69, 9.17) is 9.47 Å². The van der Waals surface area contributed by atoms with Crippen molar-refractivity contribution in [2.24, 2.45) is 0 Å². The number of para-hydroxylation sites is 2. The summed E-state index contributed by atoms with van der Waals surface area (Å²) in [5.74, 6) is 1.36. The van der Waals surface area contributed by atoms with Crippen molar-refractivity contribution in [3.63, 3.8) is 0 Å². The second kappa shape index (κ2) is 7.14. The summed E-state index contributed by atoms with van der Waals surface area (Å²) in [5.41, 5.74) is 3.25. The van der Waals surface area contributed by atoms with Gasteiger partial charge in [-0.3, -0.25) is 0 Å². The lowest BCUT2D eigenvalue weighted by atomic mass is 10.0. The molecule has 0 amide bonds. The average molecular weight is 286 g/mol. The van der Waals surface area contributed by atoms with E-state index >= 15 is 0 Å². The number of ether oxygens (including phenoxy) is 2. The molecule has 0 heterocycles. The summed E-state index contributed by atoms with van der Waals surface area (Å²) in [4.78, 5) is 0. The molecule has 1 atom stereocenters. The minimum Gasteiger partial charge on any atom is -0.490 e. The second-order valence-corrected chi connectivity index (χ2v) is 5.05. The molecule has 21 heavy (non-hydrogen) atoms. The predicted molar refractivity (Wildman–Crippen MR) is 84.0 cm³/mol. The Labute approximate surface area is 126 Å². The normalized spacial score (nSPS) is 12.0. The van der Waals surface area contributed by atoms with Gasteiger partial charge >= 0.3 is 0 Å². The molecule has 0 bridgehead atoms. The maximum absolute atomic E-state index is 10.3. The van der Waals surface area contributed by atoms with Gasteiger partial charge in [0.1, 0.15) is 12.7 Å². The van der Waals surface area contributed by atoms with Crippen LogP contribution in [-0.2, 0) is 0 Å². The Hall–Kier alpha value is -2.00. The van der Waals surface area contributed by atoms with Crippen molar-refractivity contribution in [1.82, 2.24) is 0 Å². The van der Waals surface area contributed by atoms with Crippen molar-refractivity contribution >= 4 is 0 Å².